The van der Waals surface area contributed by atoms with E-state index in [1.54, 1.807) is 20.8 Å². The third kappa shape index (κ3) is 6.27. The highest BCUT2D eigenvalue weighted by Crippen LogP contribution is 2.24. The SMILES string of the molecule is CCOC(=O)NN(C(=O)OCC)/C(C)=C(\Nc1ccc(C)cc1)c1ccccc1. The molecule has 0 saturated carbocycles. The van der Waals surface area contributed by atoms with Crippen LogP contribution in [0.15, 0.2) is 60.3 Å². The zero-order valence-electron chi connectivity index (χ0n) is 17.2. The predicted octanol–water partition coefficient (Wildman–Crippen LogP) is 4.92. The lowest BCUT2D eigenvalue weighted by Gasteiger charge is -2.26. The summed E-state index contributed by atoms with van der Waals surface area (Å²) in [6.07, 6.45) is -1.46. The molecule has 7 nitrogen and oxygen atoms in total. The Kier molecular flexibility index (Phi) is 8.09. The van der Waals surface area contributed by atoms with Crippen molar-refractivity contribution in [3.63, 3.8) is 0 Å². The van der Waals surface area contributed by atoms with Gasteiger partial charge in [0.05, 0.1) is 24.6 Å². The van der Waals surface area contributed by atoms with E-state index in [1.807, 2.05) is 61.5 Å². The molecule has 0 heterocycles. The Morgan fingerprint density at radius 3 is 2.14 bits per heavy atom. The van der Waals surface area contributed by atoms with Crippen LogP contribution in [-0.2, 0) is 9.47 Å². The van der Waals surface area contributed by atoms with Crippen LogP contribution in [0.2, 0.25) is 0 Å². The smallest absolute Gasteiger partial charge is 0.433 e. The zero-order valence-corrected chi connectivity index (χ0v) is 17.2. The number of ether oxygens (including phenoxy) is 2. The average Bonchev–Trinajstić information content (AvgIpc) is 2.72. The van der Waals surface area contributed by atoms with Crippen LogP contribution in [0, 0.1) is 6.92 Å². The molecule has 0 bridgehead atoms. The molecule has 154 valence electrons. The summed E-state index contributed by atoms with van der Waals surface area (Å²) in [5.74, 6) is 0. The molecule has 2 rings (SSSR count). The molecular formula is C22H27N3O4. The molecule has 2 N–H and O–H groups in total. The average molecular weight is 397 g/mol. The zero-order chi connectivity index (χ0) is 21.2. The van der Waals surface area contributed by atoms with Crippen LogP contribution < -0.4 is 10.7 Å². The Bertz CT molecular complexity index is 848. The quantitative estimate of drug-likeness (QED) is 0.677. The van der Waals surface area contributed by atoms with E-state index in [1.165, 1.54) is 0 Å². The van der Waals surface area contributed by atoms with E-state index >= 15 is 0 Å². The van der Waals surface area contributed by atoms with Gasteiger partial charge >= 0.3 is 12.2 Å². The summed E-state index contributed by atoms with van der Waals surface area (Å²) in [5.41, 5.74) is 6.35. The Morgan fingerprint density at radius 2 is 1.55 bits per heavy atom. The summed E-state index contributed by atoms with van der Waals surface area (Å²) in [6, 6.07) is 17.4. The number of nitrogens with one attached hydrogen (secondary N) is 2. The van der Waals surface area contributed by atoms with Crippen molar-refractivity contribution in [2.24, 2.45) is 0 Å². The number of anilines is 1. The molecule has 7 heteroatoms. The van der Waals surface area contributed by atoms with Crippen molar-refractivity contribution >= 4 is 23.6 Å². The van der Waals surface area contributed by atoms with E-state index in [0.717, 1.165) is 21.8 Å². The summed E-state index contributed by atoms with van der Waals surface area (Å²) in [7, 11) is 0. The molecule has 0 aromatic heterocycles. The van der Waals surface area contributed by atoms with Crippen molar-refractivity contribution < 1.29 is 19.1 Å². The van der Waals surface area contributed by atoms with Gasteiger partial charge in [-0.25, -0.2) is 15.0 Å². The highest BCUT2D eigenvalue weighted by atomic mass is 16.6. The van der Waals surface area contributed by atoms with E-state index < -0.39 is 12.2 Å². The number of amides is 2. The van der Waals surface area contributed by atoms with E-state index in [0.29, 0.717) is 11.4 Å². The van der Waals surface area contributed by atoms with Gasteiger partial charge in [0.25, 0.3) is 0 Å². The first kappa shape index (κ1) is 21.8. The Balaban J connectivity index is 2.49. The van der Waals surface area contributed by atoms with Gasteiger partial charge in [-0.15, -0.1) is 0 Å². The standard InChI is InChI=1S/C22H27N3O4/c1-5-28-21(26)24-25(22(27)29-6-2)17(4)20(18-10-8-7-9-11-18)23-19-14-12-16(3)13-15-19/h7-15,23H,5-6H2,1-4H3,(H,24,26)/b20-17-. The van der Waals surface area contributed by atoms with Crippen molar-refractivity contribution in [1.82, 2.24) is 10.4 Å². The molecule has 0 aliphatic heterocycles. The molecule has 0 saturated heterocycles. The van der Waals surface area contributed by atoms with Gasteiger partial charge < -0.3 is 14.8 Å². The van der Waals surface area contributed by atoms with Gasteiger partial charge in [0.2, 0.25) is 0 Å². The van der Waals surface area contributed by atoms with Crippen molar-refractivity contribution in [3.05, 3.63) is 71.4 Å². The Morgan fingerprint density at radius 1 is 0.931 bits per heavy atom. The molecule has 0 spiro atoms. The third-order valence-corrected chi connectivity index (χ3v) is 4.01. The molecule has 0 atom stereocenters. The van der Waals surface area contributed by atoms with Crippen molar-refractivity contribution in [2.45, 2.75) is 27.7 Å². The third-order valence-electron chi connectivity index (χ3n) is 4.01. The van der Waals surface area contributed by atoms with Crippen LogP contribution in [0.1, 0.15) is 31.9 Å². The second kappa shape index (κ2) is 10.8. The molecule has 2 amide bonds. The molecule has 2 aromatic rings. The van der Waals surface area contributed by atoms with Gasteiger partial charge in [-0.2, -0.15) is 5.01 Å². The van der Waals surface area contributed by atoms with Crippen LogP contribution in [0.5, 0.6) is 0 Å². The number of allylic oxidation sites excluding steroid dienone is 1. The molecular weight excluding hydrogens is 370 g/mol. The summed E-state index contributed by atoms with van der Waals surface area (Å²) in [4.78, 5) is 24.5. The second-order valence-electron chi connectivity index (χ2n) is 6.18. The molecule has 0 fully saturated rings. The van der Waals surface area contributed by atoms with E-state index in [4.69, 9.17) is 9.47 Å². The van der Waals surface area contributed by atoms with Crippen molar-refractivity contribution in [2.75, 3.05) is 18.5 Å². The highest BCUT2D eigenvalue weighted by Gasteiger charge is 2.23. The van der Waals surface area contributed by atoms with Crippen molar-refractivity contribution in [1.29, 1.82) is 0 Å². The minimum Gasteiger partial charge on any atom is -0.449 e. The number of aryl methyl sites for hydroxylation is 1. The first-order valence-electron chi connectivity index (χ1n) is 9.46. The van der Waals surface area contributed by atoms with Gasteiger partial charge in [0.1, 0.15) is 0 Å². The minimum atomic E-state index is -0.748. The number of hydrogen-bond acceptors (Lipinski definition) is 5. The number of hydrazine groups is 1. The fourth-order valence-corrected chi connectivity index (χ4v) is 2.58. The maximum absolute atomic E-state index is 12.5. The Labute approximate surface area is 171 Å². The van der Waals surface area contributed by atoms with Gasteiger partial charge in [0.15, 0.2) is 0 Å². The fourth-order valence-electron chi connectivity index (χ4n) is 2.58. The highest BCUT2D eigenvalue weighted by molar-refractivity contribution is 5.83. The topological polar surface area (TPSA) is 79.9 Å². The molecule has 0 aliphatic carbocycles. The molecule has 0 radical (unpaired) electrons. The summed E-state index contributed by atoms with van der Waals surface area (Å²) in [6.45, 7) is 7.45. The largest absolute Gasteiger partial charge is 0.449 e. The van der Waals surface area contributed by atoms with Crippen LogP contribution >= 0.6 is 0 Å². The minimum absolute atomic E-state index is 0.166. The predicted molar refractivity (Wildman–Crippen MR) is 113 cm³/mol. The van der Waals surface area contributed by atoms with E-state index in [2.05, 4.69) is 10.7 Å². The summed E-state index contributed by atoms with van der Waals surface area (Å²) >= 11 is 0. The maximum atomic E-state index is 12.5. The number of carbonyl (C=O) groups excluding carboxylic acids is 2. The second-order valence-corrected chi connectivity index (χ2v) is 6.18. The lowest BCUT2D eigenvalue weighted by atomic mass is 10.1. The molecule has 0 aliphatic rings. The maximum Gasteiger partial charge on any atom is 0.433 e. The van der Waals surface area contributed by atoms with Gasteiger partial charge in [-0.1, -0.05) is 48.0 Å². The van der Waals surface area contributed by atoms with Crippen molar-refractivity contribution in [3.8, 4) is 0 Å². The molecule has 0 unspecified atom stereocenters. The number of nitrogens with zero attached hydrogens (tertiary/aromatic N) is 1. The fraction of sp³-hybridized carbons (Fsp3) is 0.273. The van der Waals surface area contributed by atoms with E-state index in [9.17, 15) is 9.59 Å². The molecule has 2 aromatic carbocycles. The molecule has 29 heavy (non-hydrogen) atoms. The van der Waals surface area contributed by atoms with Crippen LogP contribution in [0.3, 0.4) is 0 Å². The van der Waals surface area contributed by atoms with E-state index in [-0.39, 0.29) is 13.2 Å². The lowest BCUT2D eigenvalue weighted by molar-refractivity contribution is 0.0879. The van der Waals surface area contributed by atoms with Crippen LogP contribution in [0.25, 0.3) is 5.70 Å². The summed E-state index contributed by atoms with van der Waals surface area (Å²) in [5, 5.41) is 4.39. The Hall–Kier alpha value is -3.48. The van der Waals surface area contributed by atoms with Gasteiger partial charge in [-0.05, 0) is 45.4 Å². The monoisotopic (exact) mass is 397 g/mol. The summed E-state index contributed by atoms with van der Waals surface area (Å²) < 4.78 is 10.0. The normalized spacial score (nSPS) is 11.2. The van der Waals surface area contributed by atoms with Crippen LogP contribution in [-0.4, -0.2) is 30.4 Å². The number of benzene rings is 2. The van der Waals surface area contributed by atoms with Gasteiger partial charge in [0, 0.05) is 5.69 Å². The lowest BCUT2D eigenvalue weighted by Crippen LogP contribution is -2.46. The van der Waals surface area contributed by atoms with Gasteiger partial charge in [-0.3, -0.25) is 0 Å². The first-order valence-corrected chi connectivity index (χ1v) is 9.46. The van der Waals surface area contributed by atoms with Crippen LogP contribution in [0.4, 0.5) is 15.3 Å². The first-order chi connectivity index (χ1) is 14.0. The number of hydrogen-bond donors (Lipinski definition) is 2. The number of rotatable bonds is 6. The number of carbonyl (C=O) groups is 2.